The van der Waals surface area contributed by atoms with Crippen molar-refractivity contribution >= 4 is 0 Å². The zero-order valence-corrected chi connectivity index (χ0v) is 7.38. The Balaban J connectivity index is 2.08. The molecule has 0 amide bonds. The lowest BCUT2D eigenvalue weighted by Crippen LogP contribution is -2.28. The normalized spacial score (nSPS) is 21.3. The summed E-state index contributed by atoms with van der Waals surface area (Å²) in [5, 5.41) is 0. The third kappa shape index (κ3) is 2.80. The Labute approximate surface area is 69.1 Å². The first-order chi connectivity index (χ1) is 5.36. The summed E-state index contributed by atoms with van der Waals surface area (Å²) < 4.78 is 5.47. The van der Waals surface area contributed by atoms with Crippen molar-refractivity contribution < 1.29 is 4.74 Å². The van der Waals surface area contributed by atoms with Crippen LogP contribution in [0.1, 0.15) is 32.6 Å². The van der Waals surface area contributed by atoms with Crippen molar-refractivity contribution in [3.63, 3.8) is 0 Å². The molecule has 2 N–H and O–H groups in total. The molecule has 1 fully saturated rings. The van der Waals surface area contributed by atoms with E-state index < -0.39 is 0 Å². The fraction of sp³-hybridized carbons (Fsp3) is 1.00. The van der Waals surface area contributed by atoms with E-state index in [2.05, 4.69) is 0 Å². The Bertz CT molecular complexity index is 102. The van der Waals surface area contributed by atoms with Crippen LogP contribution in [0.5, 0.6) is 0 Å². The lowest BCUT2D eigenvalue weighted by Gasteiger charge is -2.28. The Hall–Kier alpha value is -0.0800. The summed E-state index contributed by atoms with van der Waals surface area (Å²) in [5.41, 5.74) is 5.56. The minimum absolute atomic E-state index is 0.324. The molecule has 0 aromatic carbocycles. The van der Waals surface area contributed by atoms with Crippen LogP contribution in [0.3, 0.4) is 0 Å². The molecule has 0 radical (unpaired) electrons. The van der Waals surface area contributed by atoms with E-state index in [1.165, 1.54) is 25.7 Å². The summed E-state index contributed by atoms with van der Waals surface area (Å²) in [5.74, 6) is 0.912. The van der Waals surface area contributed by atoms with Crippen LogP contribution in [0.15, 0.2) is 0 Å². The summed E-state index contributed by atoms with van der Waals surface area (Å²) in [6.45, 7) is 3.52. The number of hydrogen-bond donors (Lipinski definition) is 1. The molecule has 0 heterocycles. The zero-order chi connectivity index (χ0) is 8.10. The van der Waals surface area contributed by atoms with Crippen LogP contribution < -0.4 is 5.73 Å². The first-order valence-electron chi connectivity index (χ1n) is 4.68. The molecule has 1 aliphatic rings. The predicted molar refractivity (Wildman–Crippen MR) is 46.4 cm³/mol. The van der Waals surface area contributed by atoms with Gasteiger partial charge in [0, 0.05) is 13.2 Å². The maximum atomic E-state index is 5.56. The molecule has 0 bridgehead atoms. The first-order valence-corrected chi connectivity index (χ1v) is 4.68. The number of nitrogens with two attached hydrogens (primary N) is 1. The lowest BCUT2D eigenvalue weighted by atomic mass is 9.81. The van der Waals surface area contributed by atoms with Gasteiger partial charge in [0.1, 0.15) is 0 Å². The quantitative estimate of drug-likeness (QED) is 0.657. The van der Waals surface area contributed by atoms with E-state index in [1.54, 1.807) is 0 Å². The van der Waals surface area contributed by atoms with Gasteiger partial charge in [0.15, 0.2) is 0 Å². The second-order valence-corrected chi connectivity index (χ2v) is 3.35. The van der Waals surface area contributed by atoms with Crippen molar-refractivity contribution in [3.8, 4) is 0 Å². The van der Waals surface area contributed by atoms with E-state index in [0.717, 1.165) is 12.5 Å². The van der Waals surface area contributed by atoms with Gasteiger partial charge in [-0.15, -0.1) is 0 Å². The molecule has 0 aliphatic heterocycles. The summed E-state index contributed by atoms with van der Waals surface area (Å²) in [6.07, 6.45) is 5.70. The average molecular weight is 157 g/mol. The SMILES string of the molecule is CCOC(CN)CC1CCC1. The topological polar surface area (TPSA) is 35.2 Å². The smallest absolute Gasteiger partial charge is 0.0699 e. The minimum atomic E-state index is 0.324. The Morgan fingerprint density at radius 1 is 1.55 bits per heavy atom. The van der Waals surface area contributed by atoms with Gasteiger partial charge in [0.25, 0.3) is 0 Å². The molecule has 1 aliphatic carbocycles. The van der Waals surface area contributed by atoms with E-state index in [9.17, 15) is 0 Å². The van der Waals surface area contributed by atoms with Gasteiger partial charge in [-0.1, -0.05) is 19.3 Å². The summed E-state index contributed by atoms with van der Waals surface area (Å²) in [6, 6.07) is 0. The molecule has 1 atom stereocenters. The molecule has 2 nitrogen and oxygen atoms in total. The van der Waals surface area contributed by atoms with E-state index in [0.29, 0.717) is 12.6 Å². The molecule has 11 heavy (non-hydrogen) atoms. The van der Waals surface area contributed by atoms with Gasteiger partial charge < -0.3 is 10.5 Å². The van der Waals surface area contributed by atoms with Crippen molar-refractivity contribution in [1.82, 2.24) is 0 Å². The van der Waals surface area contributed by atoms with Crippen LogP contribution in [0.25, 0.3) is 0 Å². The van der Waals surface area contributed by atoms with Crippen LogP contribution in [-0.2, 0) is 4.74 Å². The Morgan fingerprint density at radius 3 is 2.64 bits per heavy atom. The standard InChI is InChI=1S/C9H19NO/c1-2-11-9(7-10)6-8-4-3-5-8/h8-9H,2-7,10H2,1H3. The number of rotatable bonds is 5. The lowest BCUT2D eigenvalue weighted by molar-refractivity contribution is 0.0401. The fourth-order valence-electron chi connectivity index (χ4n) is 1.57. The fourth-order valence-corrected chi connectivity index (χ4v) is 1.57. The molecule has 0 spiro atoms. The molecular weight excluding hydrogens is 138 g/mol. The largest absolute Gasteiger partial charge is 0.377 e. The molecule has 1 rings (SSSR count). The summed E-state index contributed by atoms with van der Waals surface area (Å²) >= 11 is 0. The second-order valence-electron chi connectivity index (χ2n) is 3.35. The number of hydrogen-bond acceptors (Lipinski definition) is 2. The highest BCUT2D eigenvalue weighted by Gasteiger charge is 2.21. The maximum Gasteiger partial charge on any atom is 0.0699 e. The third-order valence-corrected chi connectivity index (χ3v) is 2.49. The highest BCUT2D eigenvalue weighted by molar-refractivity contribution is 4.74. The zero-order valence-electron chi connectivity index (χ0n) is 7.38. The summed E-state index contributed by atoms with van der Waals surface area (Å²) in [7, 11) is 0. The van der Waals surface area contributed by atoms with Gasteiger partial charge in [-0.2, -0.15) is 0 Å². The van der Waals surface area contributed by atoms with E-state index >= 15 is 0 Å². The molecule has 66 valence electrons. The monoisotopic (exact) mass is 157 g/mol. The molecule has 0 aromatic rings. The average Bonchev–Trinajstić information content (AvgIpc) is 1.94. The van der Waals surface area contributed by atoms with Gasteiger partial charge >= 0.3 is 0 Å². The van der Waals surface area contributed by atoms with Gasteiger partial charge in [-0.3, -0.25) is 0 Å². The van der Waals surface area contributed by atoms with Crippen molar-refractivity contribution in [2.45, 2.75) is 38.7 Å². The van der Waals surface area contributed by atoms with Gasteiger partial charge in [-0.25, -0.2) is 0 Å². The molecule has 2 heteroatoms. The minimum Gasteiger partial charge on any atom is -0.377 e. The van der Waals surface area contributed by atoms with Crippen molar-refractivity contribution in [2.75, 3.05) is 13.2 Å². The van der Waals surface area contributed by atoms with E-state index in [-0.39, 0.29) is 0 Å². The van der Waals surface area contributed by atoms with Crippen molar-refractivity contribution in [3.05, 3.63) is 0 Å². The molecule has 1 unspecified atom stereocenters. The van der Waals surface area contributed by atoms with Crippen LogP contribution in [-0.4, -0.2) is 19.3 Å². The number of ether oxygens (including phenoxy) is 1. The van der Waals surface area contributed by atoms with Crippen molar-refractivity contribution in [1.29, 1.82) is 0 Å². The molecule has 0 aromatic heterocycles. The Kier molecular flexibility index (Phi) is 3.87. The second kappa shape index (κ2) is 4.73. The molecule has 0 saturated heterocycles. The van der Waals surface area contributed by atoms with E-state index in [1.807, 2.05) is 6.92 Å². The van der Waals surface area contributed by atoms with Gasteiger partial charge in [0.2, 0.25) is 0 Å². The molecule has 1 saturated carbocycles. The summed E-state index contributed by atoms with van der Waals surface area (Å²) in [4.78, 5) is 0. The maximum absolute atomic E-state index is 5.56. The molecular formula is C9H19NO. The third-order valence-electron chi connectivity index (χ3n) is 2.49. The van der Waals surface area contributed by atoms with E-state index in [4.69, 9.17) is 10.5 Å². The highest BCUT2D eigenvalue weighted by atomic mass is 16.5. The van der Waals surface area contributed by atoms with Gasteiger partial charge in [0.05, 0.1) is 6.10 Å². The van der Waals surface area contributed by atoms with Crippen LogP contribution in [0.2, 0.25) is 0 Å². The van der Waals surface area contributed by atoms with Crippen LogP contribution in [0.4, 0.5) is 0 Å². The van der Waals surface area contributed by atoms with Crippen molar-refractivity contribution in [2.24, 2.45) is 11.7 Å². The first kappa shape index (κ1) is 9.01. The highest BCUT2D eigenvalue weighted by Crippen LogP contribution is 2.30. The predicted octanol–water partition coefficient (Wildman–Crippen LogP) is 1.54. The Morgan fingerprint density at radius 2 is 2.27 bits per heavy atom. The van der Waals surface area contributed by atoms with Crippen LogP contribution >= 0.6 is 0 Å². The van der Waals surface area contributed by atoms with Crippen LogP contribution in [0, 0.1) is 5.92 Å². The van der Waals surface area contributed by atoms with Gasteiger partial charge in [-0.05, 0) is 19.3 Å².